The lowest BCUT2D eigenvalue weighted by molar-refractivity contribution is -0.144. The first kappa shape index (κ1) is 28.8. The quantitative estimate of drug-likeness (QED) is 0.344. The standard InChI is InChI=1S/C25H41N3O4S/c1-9-10-11-26-22(29)21(19-13-17(4)12-18(5)14-19)28(16(2)3)23(30)20(15-33)27-24(31)32-25(6,7)8/h12-14,16,20-21,33H,9-11,15H2,1-8H3,(H,26,29)(H,27,31). The summed E-state index contributed by atoms with van der Waals surface area (Å²) in [6, 6.07) is 3.80. The zero-order valence-corrected chi connectivity index (χ0v) is 22.2. The van der Waals surface area contributed by atoms with Crippen LogP contribution in [0.1, 0.15) is 77.1 Å². The minimum atomic E-state index is -0.942. The van der Waals surface area contributed by atoms with E-state index in [0.717, 1.165) is 29.5 Å². The first-order valence-electron chi connectivity index (χ1n) is 11.6. The molecule has 2 atom stereocenters. The second-order valence-corrected chi connectivity index (χ2v) is 10.1. The van der Waals surface area contributed by atoms with E-state index in [1.54, 1.807) is 20.8 Å². The predicted octanol–water partition coefficient (Wildman–Crippen LogP) is 4.32. The molecule has 2 unspecified atom stereocenters. The number of carbonyl (C=O) groups excluding carboxylic acids is 3. The van der Waals surface area contributed by atoms with Crippen molar-refractivity contribution in [2.24, 2.45) is 0 Å². The summed E-state index contributed by atoms with van der Waals surface area (Å²) >= 11 is 4.29. The highest BCUT2D eigenvalue weighted by molar-refractivity contribution is 7.80. The number of thiol groups is 1. The molecule has 0 saturated carbocycles. The van der Waals surface area contributed by atoms with Crippen molar-refractivity contribution in [2.45, 2.75) is 92.0 Å². The molecule has 1 aromatic carbocycles. The maximum Gasteiger partial charge on any atom is 0.408 e. The van der Waals surface area contributed by atoms with Crippen molar-refractivity contribution in [3.8, 4) is 0 Å². The summed E-state index contributed by atoms with van der Waals surface area (Å²) in [4.78, 5) is 40.9. The maximum absolute atomic E-state index is 13.7. The van der Waals surface area contributed by atoms with Crippen molar-refractivity contribution in [3.05, 3.63) is 34.9 Å². The van der Waals surface area contributed by atoms with Crippen molar-refractivity contribution in [3.63, 3.8) is 0 Å². The van der Waals surface area contributed by atoms with Gasteiger partial charge in [0.2, 0.25) is 11.8 Å². The van der Waals surface area contributed by atoms with Gasteiger partial charge in [0, 0.05) is 18.3 Å². The van der Waals surface area contributed by atoms with Crippen LogP contribution in [0.5, 0.6) is 0 Å². The Morgan fingerprint density at radius 1 is 1.09 bits per heavy atom. The second-order valence-electron chi connectivity index (χ2n) is 9.69. The molecular weight excluding hydrogens is 438 g/mol. The predicted molar refractivity (Wildman–Crippen MR) is 136 cm³/mol. The molecule has 0 aromatic heterocycles. The van der Waals surface area contributed by atoms with Crippen LogP contribution < -0.4 is 10.6 Å². The van der Waals surface area contributed by atoms with Crippen LogP contribution in [0.3, 0.4) is 0 Å². The number of ether oxygens (including phenoxy) is 1. The van der Waals surface area contributed by atoms with Gasteiger partial charge in [-0.2, -0.15) is 12.6 Å². The average molecular weight is 480 g/mol. The van der Waals surface area contributed by atoms with Crippen LogP contribution in [-0.4, -0.2) is 52.8 Å². The van der Waals surface area contributed by atoms with E-state index in [9.17, 15) is 14.4 Å². The lowest BCUT2D eigenvalue weighted by atomic mass is 9.97. The summed E-state index contributed by atoms with van der Waals surface area (Å²) in [5, 5.41) is 5.59. The number of hydrogen-bond acceptors (Lipinski definition) is 5. The molecule has 186 valence electrons. The van der Waals surface area contributed by atoms with Gasteiger partial charge < -0.3 is 20.3 Å². The molecule has 7 nitrogen and oxygen atoms in total. The number of nitrogens with one attached hydrogen (secondary N) is 2. The highest BCUT2D eigenvalue weighted by Crippen LogP contribution is 2.27. The highest BCUT2D eigenvalue weighted by atomic mass is 32.1. The molecule has 33 heavy (non-hydrogen) atoms. The number of alkyl carbamates (subject to hydrolysis) is 1. The summed E-state index contributed by atoms with van der Waals surface area (Å²) in [5.74, 6) is -0.565. The van der Waals surface area contributed by atoms with Crippen molar-refractivity contribution in [2.75, 3.05) is 12.3 Å². The highest BCUT2D eigenvalue weighted by Gasteiger charge is 2.37. The summed E-state index contributed by atoms with van der Waals surface area (Å²) in [7, 11) is 0. The largest absolute Gasteiger partial charge is 0.444 e. The number of aryl methyl sites for hydroxylation is 2. The van der Waals surface area contributed by atoms with Gasteiger partial charge in [0.1, 0.15) is 17.7 Å². The van der Waals surface area contributed by atoms with E-state index in [4.69, 9.17) is 4.74 Å². The molecule has 8 heteroatoms. The van der Waals surface area contributed by atoms with Crippen LogP contribution in [0.25, 0.3) is 0 Å². The Balaban J connectivity index is 3.37. The number of benzene rings is 1. The van der Waals surface area contributed by atoms with Crippen LogP contribution in [0.4, 0.5) is 4.79 Å². The van der Waals surface area contributed by atoms with Gasteiger partial charge in [-0.25, -0.2) is 4.79 Å². The Labute approximate surface area is 204 Å². The second kappa shape index (κ2) is 12.9. The number of unbranched alkanes of at least 4 members (excludes halogenated alkanes) is 1. The Kier molecular flexibility index (Phi) is 11.2. The lowest BCUT2D eigenvalue weighted by Gasteiger charge is -2.37. The minimum absolute atomic E-state index is 0.0678. The summed E-state index contributed by atoms with van der Waals surface area (Å²) in [5.41, 5.74) is 2.04. The molecule has 3 amide bonds. The van der Waals surface area contributed by atoms with Gasteiger partial charge in [0.15, 0.2) is 0 Å². The third-order valence-electron chi connectivity index (χ3n) is 4.90. The lowest BCUT2D eigenvalue weighted by Crippen LogP contribution is -2.55. The van der Waals surface area contributed by atoms with Crippen molar-refractivity contribution in [1.82, 2.24) is 15.5 Å². The SMILES string of the molecule is CCCCNC(=O)C(c1cc(C)cc(C)c1)N(C(=O)C(CS)NC(=O)OC(C)(C)C)C(C)C. The Bertz CT molecular complexity index is 800. The van der Waals surface area contributed by atoms with Crippen molar-refractivity contribution < 1.29 is 19.1 Å². The molecule has 0 fully saturated rings. The van der Waals surface area contributed by atoms with Gasteiger partial charge in [0.25, 0.3) is 0 Å². The van der Waals surface area contributed by atoms with Crippen LogP contribution in [0, 0.1) is 13.8 Å². The van der Waals surface area contributed by atoms with E-state index in [2.05, 4.69) is 30.2 Å². The van der Waals surface area contributed by atoms with Gasteiger partial charge in [-0.05, 0) is 60.5 Å². The van der Waals surface area contributed by atoms with Gasteiger partial charge in [-0.1, -0.05) is 42.7 Å². The Hall–Kier alpha value is -2.22. The molecule has 2 N–H and O–H groups in total. The Morgan fingerprint density at radius 2 is 1.67 bits per heavy atom. The summed E-state index contributed by atoms with van der Waals surface area (Å²) < 4.78 is 5.32. The number of amides is 3. The zero-order chi connectivity index (χ0) is 25.3. The molecule has 0 radical (unpaired) electrons. The van der Waals surface area contributed by atoms with Crippen LogP contribution in [0.2, 0.25) is 0 Å². The number of rotatable bonds is 10. The van der Waals surface area contributed by atoms with Gasteiger partial charge in [0.05, 0.1) is 0 Å². The molecule has 0 bridgehead atoms. The normalized spacial score (nSPS) is 13.3. The minimum Gasteiger partial charge on any atom is -0.444 e. The van der Waals surface area contributed by atoms with E-state index in [-0.39, 0.29) is 23.6 Å². The monoisotopic (exact) mass is 479 g/mol. The van der Waals surface area contributed by atoms with E-state index in [1.165, 1.54) is 4.90 Å². The maximum atomic E-state index is 13.7. The molecule has 0 aliphatic carbocycles. The molecule has 0 aliphatic rings. The average Bonchev–Trinajstić information content (AvgIpc) is 2.67. The van der Waals surface area contributed by atoms with Crippen molar-refractivity contribution >= 4 is 30.5 Å². The molecule has 0 aliphatic heterocycles. The molecule has 1 rings (SSSR count). The van der Waals surface area contributed by atoms with E-state index in [0.29, 0.717) is 6.54 Å². The smallest absolute Gasteiger partial charge is 0.408 e. The number of carbonyl (C=O) groups is 3. The molecule has 0 saturated heterocycles. The summed E-state index contributed by atoms with van der Waals surface area (Å²) in [6.07, 6.45) is 1.09. The van der Waals surface area contributed by atoms with Gasteiger partial charge >= 0.3 is 6.09 Å². The van der Waals surface area contributed by atoms with E-state index in [1.807, 2.05) is 45.9 Å². The van der Waals surface area contributed by atoms with Crippen LogP contribution in [0.15, 0.2) is 18.2 Å². The Morgan fingerprint density at radius 3 is 2.12 bits per heavy atom. The first-order valence-corrected chi connectivity index (χ1v) is 12.2. The first-order chi connectivity index (χ1) is 15.3. The number of nitrogens with zero attached hydrogens (tertiary/aromatic N) is 1. The number of hydrogen-bond donors (Lipinski definition) is 3. The van der Waals surface area contributed by atoms with Crippen molar-refractivity contribution in [1.29, 1.82) is 0 Å². The van der Waals surface area contributed by atoms with Crippen LogP contribution >= 0.6 is 12.6 Å². The van der Waals surface area contributed by atoms with E-state index < -0.39 is 23.8 Å². The van der Waals surface area contributed by atoms with Crippen LogP contribution in [-0.2, 0) is 14.3 Å². The van der Waals surface area contributed by atoms with E-state index >= 15 is 0 Å². The molecule has 0 heterocycles. The third kappa shape index (κ3) is 9.27. The molecule has 0 spiro atoms. The molecular formula is C25H41N3O4S. The fraction of sp³-hybridized carbons (Fsp3) is 0.640. The topological polar surface area (TPSA) is 87.7 Å². The third-order valence-corrected chi connectivity index (χ3v) is 5.26. The van der Waals surface area contributed by atoms with Gasteiger partial charge in [-0.15, -0.1) is 0 Å². The summed E-state index contributed by atoms with van der Waals surface area (Å²) in [6.45, 7) is 15.5. The molecule has 1 aromatic rings. The fourth-order valence-electron chi connectivity index (χ4n) is 3.59. The van der Waals surface area contributed by atoms with Gasteiger partial charge in [-0.3, -0.25) is 9.59 Å². The fourth-order valence-corrected chi connectivity index (χ4v) is 3.83. The zero-order valence-electron chi connectivity index (χ0n) is 21.3.